The van der Waals surface area contributed by atoms with Crippen molar-refractivity contribution in [3.05, 3.63) is 34.3 Å². The van der Waals surface area contributed by atoms with Crippen molar-refractivity contribution in [2.24, 2.45) is 0 Å². The highest BCUT2D eigenvalue weighted by molar-refractivity contribution is 9.10. The van der Waals surface area contributed by atoms with Gasteiger partial charge in [0.25, 0.3) is 0 Å². The first kappa shape index (κ1) is 9.58. The lowest BCUT2D eigenvalue weighted by molar-refractivity contribution is -0.0280. The summed E-state index contributed by atoms with van der Waals surface area (Å²) in [5.74, 6) is -3.36. The Labute approximate surface area is 76.5 Å². The van der Waals surface area contributed by atoms with E-state index in [2.05, 4.69) is 15.9 Å². The van der Waals surface area contributed by atoms with Gasteiger partial charge >= 0.3 is 5.92 Å². The molecule has 0 aliphatic heterocycles. The van der Waals surface area contributed by atoms with Gasteiger partial charge in [-0.05, 0) is 12.1 Å². The van der Waals surface area contributed by atoms with Gasteiger partial charge < -0.3 is 0 Å². The molecule has 0 aromatic heterocycles. The minimum Gasteiger partial charge on any atom is -0.244 e. The molecule has 0 N–H and O–H groups in total. The van der Waals surface area contributed by atoms with Crippen molar-refractivity contribution in [2.75, 3.05) is 6.67 Å². The normalized spacial score (nSPS) is 11.7. The van der Waals surface area contributed by atoms with Gasteiger partial charge in [0.05, 0.1) is 0 Å². The molecule has 0 atom stereocenters. The van der Waals surface area contributed by atoms with Gasteiger partial charge in [-0.3, -0.25) is 0 Å². The molecule has 0 fully saturated rings. The fraction of sp³-hybridized carbons (Fsp3) is 0.250. The number of benzene rings is 1. The smallest absolute Gasteiger partial charge is 0.244 e. The van der Waals surface area contributed by atoms with E-state index in [1.54, 1.807) is 0 Å². The van der Waals surface area contributed by atoms with E-state index in [1.165, 1.54) is 24.3 Å². The lowest BCUT2D eigenvalue weighted by Gasteiger charge is -2.11. The Balaban J connectivity index is 2.96. The van der Waals surface area contributed by atoms with E-state index in [1.807, 2.05) is 0 Å². The van der Waals surface area contributed by atoms with Gasteiger partial charge in [0.2, 0.25) is 0 Å². The van der Waals surface area contributed by atoms with Crippen LogP contribution in [-0.4, -0.2) is 6.67 Å². The second kappa shape index (κ2) is 3.47. The Morgan fingerprint density at radius 3 is 2.08 bits per heavy atom. The molecule has 0 bridgehead atoms. The quantitative estimate of drug-likeness (QED) is 0.740. The van der Waals surface area contributed by atoms with Gasteiger partial charge in [-0.1, -0.05) is 28.1 Å². The fourth-order valence-corrected chi connectivity index (χ4v) is 1.04. The Kier molecular flexibility index (Phi) is 2.77. The van der Waals surface area contributed by atoms with Gasteiger partial charge in [0, 0.05) is 10.0 Å². The minimum absolute atomic E-state index is 0.298. The van der Waals surface area contributed by atoms with Crippen LogP contribution in [0.1, 0.15) is 5.56 Å². The molecular formula is C8H6BrF3. The van der Waals surface area contributed by atoms with Crippen molar-refractivity contribution in [3.63, 3.8) is 0 Å². The standard InChI is InChI=1S/C8H6BrF3/c9-7-3-1-6(2-4-7)8(11,12)5-10/h1-4H,5H2. The average molecular weight is 239 g/mol. The number of rotatable bonds is 2. The molecule has 0 aliphatic carbocycles. The van der Waals surface area contributed by atoms with Gasteiger partial charge in [0.15, 0.2) is 6.67 Å². The number of halogens is 4. The minimum atomic E-state index is -3.36. The summed E-state index contributed by atoms with van der Waals surface area (Å²) in [5.41, 5.74) is -0.298. The summed E-state index contributed by atoms with van der Waals surface area (Å²) in [6.45, 7) is -1.66. The first-order valence-electron chi connectivity index (χ1n) is 3.26. The lowest BCUT2D eigenvalue weighted by atomic mass is 10.1. The zero-order valence-corrected chi connectivity index (χ0v) is 7.61. The van der Waals surface area contributed by atoms with Crippen molar-refractivity contribution in [2.45, 2.75) is 5.92 Å². The van der Waals surface area contributed by atoms with E-state index in [0.29, 0.717) is 4.47 Å². The topological polar surface area (TPSA) is 0 Å². The van der Waals surface area contributed by atoms with Gasteiger partial charge in [-0.25, -0.2) is 4.39 Å². The zero-order chi connectivity index (χ0) is 9.19. The van der Waals surface area contributed by atoms with Crippen molar-refractivity contribution >= 4 is 15.9 Å². The van der Waals surface area contributed by atoms with Crippen molar-refractivity contribution in [3.8, 4) is 0 Å². The molecular weight excluding hydrogens is 233 g/mol. The maximum atomic E-state index is 12.6. The summed E-state index contributed by atoms with van der Waals surface area (Å²) in [5, 5.41) is 0. The van der Waals surface area contributed by atoms with Crippen LogP contribution in [0.25, 0.3) is 0 Å². The van der Waals surface area contributed by atoms with Crippen LogP contribution in [0, 0.1) is 0 Å². The SMILES string of the molecule is FCC(F)(F)c1ccc(Br)cc1. The van der Waals surface area contributed by atoms with Gasteiger partial charge in [-0.2, -0.15) is 8.78 Å². The fourth-order valence-electron chi connectivity index (χ4n) is 0.771. The van der Waals surface area contributed by atoms with Crippen LogP contribution >= 0.6 is 15.9 Å². The molecule has 0 spiro atoms. The van der Waals surface area contributed by atoms with Crippen LogP contribution in [0.15, 0.2) is 28.7 Å². The van der Waals surface area contributed by atoms with Gasteiger partial charge in [0.1, 0.15) is 0 Å². The lowest BCUT2D eigenvalue weighted by Crippen LogP contribution is -2.15. The summed E-state index contributed by atoms with van der Waals surface area (Å²) >= 11 is 3.10. The van der Waals surface area contributed by atoms with E-state index in [0.717, 1.165) is 0 Å². The molecule has 66 valence electrons. The molecule has 0 heterocycles. The second-order valence-electron chi connectivity index (χ2n) is 2.34. The van der Waals surface area contributed by atoms with Gasteiger partial charge in [-0.15, -0.1) is 0 Å². The molecule has 4 heteroatoms. The summed E-state index contributed by atoms with van der Waals surface area (Å²) in [6, 6.07) is 5.31. The third-order valence-electron chi connectivity index (χ3n) is 1.43. The van der Waals surface area contributed by atoms with Crippen molar-refractivity contribution < 1.29 is 13.2 Å². The molecule has 0 radical (unpaired) electrons. The highest BCUT2D eigenvalue weighted by Gasteiger charge is 2.31. The van der Waals surface area contributed by atoms with Crippen LogP contribution in [0.4, 0.5) is 13.2 Å². The Bertz CT molecular complexity index is 256. The Hall–Kier alpha value is -0.510. The molecule has 0 aliphatic rings. The molecule has 0 nitrogen and oxygen atoms in total. The Morgan fingerprint density at radius 1 is 1.17 bits per heavy atom. The van der Waals surface area contributed by atoms with Crippen LogP contribution in [0.2, 0.25) is 0 Å². The summed E-state index contributed by atoms with van der Waals surface area (Å²) in [7, 11) is 0. The molecule has 0 unspecified atom stereocenters. The Morgan fingerprint density at radius 2 is 1.67 bits per heavy atom. The highest BCUT2D eigenvalue weighted by Crippen LogP contribution is 2.28. The molecule has 1 aromatic rings. The number of alkyl halides is 3. The first-order valence-corrected chi connectivity index (χ1v) is 4.05. The molecule has 12 heavy (non-hydrogen) atoms. The average Bonchev–Trinajstić information content (AvgIpc) is 2.05. The number of hydrogen-bond donors (Lipinski definition) is 0. The first-order chi connectivity index (χ1) is 5.56. The highest BCUT2D eigenvalue weighted by atomic mass is 79.9. The predicted molar refractivity (Wildman–Crippen MR) is 44.0 cm³/mol. The zero-order valence-electron chi connectivity index (χ0n) is 6.03. The van der Waals surface area contributed by atoms with E-state index in [4.69, 9.17) is 0 Å². The summed E-state index contributed by atoms with van der Waals surface area (Å²) in [6.07, 6.45) is 0. The van der Waals surface area contributed by atoms with Crippen LogP contribution in [0.5, 0.6) is 0 Å². The molecule has 1 aromatic carbocycles. The monoisotopic (exact) mass is 238 g/mol. The van der Waals surface area contributed by atoms with E-state index >= 15 is 0 Å². The van der Waals surface area contributed by atoms with Crippen LogP contribution < -0.4 is 0 Å². The van der Waals surface area contributed by atoms with E-state index in [-0.39, 0.29) is 5.56 Å². The third-order valence-corrected chi connectivity index (χ3v) is 1.96. The molecule has 1 rings (SSSR count). The van der Waals surface area contributed by atoms with Crippen LogP contribution in [-0.2, 0) is 5.92 Å². The second-order valence-corrected chi connectivity index (χ2v) is 3.26. The molecule has 0 saturated carbocycles. The van der Waals surface area contributed by atoms with Crippen molar-refractivity contribution in [1.29, 1.82) is 0 Å². The largest absolute Gasteiger partial charge is 0.301 e. The molecule has 0 saturated heterocycles. The van der Waals surface area contributed by atoms with Crippen molar-refractivity contribution in [1.82, 2.24) is 0 Å². The number of hydrogen-bond acceptors (Lipinski definition) is 0. The van der Waals surface area contributed by atoms with E-state index in [9.17, 15) is 13.2 Å². The summed E-state index contributed by atoms with van der Waals surface area (Å²) < 4.78 is 37.7. The maximum Gasteiger partial charge on any atom is 0.301 e. The predicted octanol–water partition coefficient (Wildman–Crippen LogP) is 3.51. The third kappa shape index (κ3) is 2.00. The van der Waals surface area contributed by atoms with E-state index < -0.39 is 12.6 Å². The maximum absolute atomic E-state index is 12.6. The molecule has 0 amide bonds. The summed E-state index contributed by atoms with van der Waals surface area (Å²) in [4.78, 5) is 0. The van der Waals surface area contributed by atoms with Crippen LogP contribution in [0.3, 0.4) is 0 Å².